The number of rotatable bonds is 12. The van der Waals surface area contributed by atoms with E-state index >= 15 is 0 Å². The largest absolute Gasteiger partial charge is 0.474 e. The summed E-state index contributed by atoms with van der Waals surface area (Å²) in [6, 6.07) is 0. The van der Waals surface area contributed by atoms with E-state index in [1.165, 1.54) is 11.1 Å². The van der Waals surface area contributed by atoms with Gasteiger partial charge in [0.2, 0.25) is 0 Å². The summed E-state index contributed by atoms with van der Waals surface area (Å²) in [5, 5.41) is 28.4. The molecule has 168 valence electrons. The van der Waals surface area contributed by atoms with Gasteiger partial charge >= 0.3 is 7.82 Å². The van der Waals surface area contributed by atoms with Crippen LogP contribution in [0.15, 0.2) is 34.9 Å². The molecule has 9 heteroatoms. The van der Waals surface area contributed by atoms with Gasteiger partial charge in [-0.3, -0.25) is 9.05 Å². The maximum atomic E-state index is 12.0. The summed E-state index contributed by atoms with van der Waals surface area (Å²) in [7, 11) is -4.50. The Balaban J connectivity index is 2.37. The highest BCUT2D eigenvalue weighted by Crippen LogP contribution is 2.46. The number of ether oxygens (including phenoxy) is 1. The fourth-order valence-electron chi connectivity index (χ4n) is 2.73. The third-order valence-corrected chi connectivity index (χ3v) is 5.48. The normalized spacial score (nSPS) is 27.7. The van der Waals surface area contributed by atoms with E-state index in [0.717, 1.165) is 31.3 Å². The fraction of sp³-hybridized carbons (Fsp3) is 0.700. The number of hydrogen-bond donors (Lipinski definition) is 4. The standard InChI is InChI=1S/C20H35O8P/c1-14(2)7-5-8-15(3)9-6-10-16(4)11-12-26-29(24,25)28-20-19(23)18(22)17(13-21)27-20/h7,9,11,17-23H,5-6,8,10,12-13H2,1-4H3,(H,24,25)/b15-9+,16-11+/t17-,18-,19+,20+/m1/s1. The Hall–Kier alpha value is -0.830. The fourth-order valence-corrected chi connectivity index (χ4v) is 3.49. The minimum absolute atomic E-state index is 0.141. The van der Waals surface area contributed by atoms with Gasteiger partial charge in [-0.1, -0.05) is 34.9 Å². The molecule has 0 radical (unpaired) electrons. The van der Waals surface area contributed by atoms with Crippen molar-refractivity contribution >= 4 is 7.82 Å². The summed E-state index contributed by atoms with van der Waals surface area (Å²) < 4.78 is 26.6. The smallest absolute Gasteiger partial charge is 0.394 e. The van der Waals surface area contributed by atoms with Gasteiger partial charge < -0.3 is 24.9 Å². The second-order valence-electron chi connectivity index (χ2n) is 7.54. The second-order valence-corrected chi connectivity index (χ2v) is 8.94. The molecule has 1 heterocycles. The van der Waals surface area contributed by atoms with Crippen LogP contribution >= 0.6 is 7.82 Å². The number of phosphoric ester groups is 1. The van der Waals surface area contributed by atoms with Crippen molar-refractivity contribution in [2.24, 2.45) is 0 Å². The molecule has 0 spiro atoms. The molecule has 1 rings (SSSR count). The first-order valence-corrected chi connectivity index (χ1v) is 11.3. The lowest BCUT2D eigenvalue weighted by molar-refractivity contribution is -0.127. The van der Waals surface area contributed by atoms with Crippen molar-refractivity contribution in [3.8, 4) is 0 Å². The van der Waals surface area contributed by atoms with Crippen LogP contribution in [-0.2, 0) is 18.3 Å². The lowest BCUT2D eigenvalue weighted by atomic mass is 10.1. The van der Waals surface area contributed by atoms with E-state index in [1.807, 2.05) is 6.92 Å². The lowest BCUT2D eigenvalue weighted by Crippen LogP contribution is -2.34. The Labute approximate surface area is 173 Å². The Morgan fingerprint density at radius 3 is 2.14 bits per heavy atom. The van der Waals surface area contributed by atoms with Crippen molar-refractivity contribution in [1.82, 2.24) is 0 Å². The third-order valence-electron chi connectivity index (χ3n) is 4.53. The van der Waals surface area contributed by atoms with Gasteiger partial charge in [0.05, 0.1) is 13.2 Å². The van der Waals surface area contributed by atoms with Crippen LogP contribution in [0.5, 0.6) is 0 Å². The number of hydrogen-bond acceptors (Lipinski definition) is 7. The summed E-state index contributed by atoms with van der Waals surface area (Å²) in [6.07, 6.45) is 4.24. The van der Waals surface area contributed by atoms with Gasteiger partial charge in [-0.25, -0.2) is 4.57 Å². The highest BCUT2D eigenvalue weighted by atomic mass is 31.2. The van der Waals surface area contributed by atoms with Gasteiger partial charge in [-0.15, -0.1) is 0 Å². The number of aliphatic hydroxyl groups is 3. The number of allylic oxidation sites excluding steroid dienone is 5. The first-order chi connectivity index (χ1) is 13.6. The van der Waals surface area contributed by atoms with E-state index in [-0.39, 0.29) is 6.61 Å². The predicted molar refractivity (Wildman–Crippen MR) is 110 cm³/mol. The molecule has 1 unspecified atom stereocenters. The predicted octanol–water partition coefficient (Wildman–Crippen LogP) is 2.98. The SMILES string of the molecule is CC(C)=CCC/C(C)=C/CC/C(C)=C/COP(=O)(O)O[C@@H]1O[C@H](CO)[C@@H](O)[C@@H]1O. The van der Waals surface area contributed by atoms with Crippen LogP contribution in [0, 0.1) is 0 Å². The molecule has 0 aromatic rings. The maximum Gasteiger partial charge on any atom is 0.474 e. The van der Waals surface area contributed by atoms with Crippen LogP contribution in [0.1, 0.15) is 53.4 Å². The summed E-state index contributed by atoms with van der Waals surface area (Å²) in [6.45, 7) is 7.49. The van der Waals surface area contributed by atoms with Gasteiger partial charge in [-0.2, -0.15) is 0 Å². The highest BCUT2D eigenvalue weighted by Gasteiger charge is 2.46. The zero-order valence-corrected chi connectivity index (χ0v) is 18.5. The molecule has 1 aliphatic heterocycles. The molecule has 0 aromatic heterocycles. The average molecular weight is 434 g/mol. The van der Waals surface area contributed by atoms with E-state index in [1.54, 1.807) is 6.08 Å². The number of phosphoric acid groups is 1. The van der Waals surface area contributed by atoms with Crippen LogP contribution in [0.25, 0.3) is 0 Å². The summed E-state index contributed by atoms with van der Waals surface area (Å²) >= 11 is 0. The van der Waals surface area contributed by atoms with Gasteiger partial charge in [0.25, 0.3) is 0 Å². The van der Waals surface area contributed by atoms with Crippen molar-refractivity contribution in [2.75, 3.05) is 13.2 Å². The van der Waals surface area contributed by atoms with Gasteiger partial charge in [0.15, 0.2) is 6.29 Å². The first-order valence-electron chi connectivity index (χ1n) is 9.78. The molecule has 0 aliphatic carbocycles. The lowest BCUT2D eigenvalue weighted by Gasteiger charge is -2.18. The molecule has 0 saturated carbocycles. The van der Waals surface area contributed by atoms with E-state index in [2.05, 4.69) is 32.9 Å². The molecule has 1 saturated heterocycles. The van der Waals surface area contributed by atoms with Crippen molar-refractivity contribution < 1.29 is 38.6 Å². The second kappa shape index (κ2) is 12.8. The van der Waals surface area contributed by atoms with Crippen LogP contribution in [0.2, 0.25) is 0 Å². The molecule has 29 heavy (non-hydrogen) atoms. The van der Waals surface area contributed by atoms with Gasteiger partial charge in [0.1, 0.15) is 18.3 Å². The first kappa shape index (κ1) is 26.2. The Morgan fingerprint density at radius 2 is 1.59 bits per heavy atom. The maximum absolute atomic E-state index is 12.0. The minimum Gasteiger partial charge on any atom is -0.394 e. The topological polar surface area (TPSA) is 126 Å². The Morgan fingerprint density at radius 1 is 1.00 bits per heavy atom. The molecule has 0 aromatic carbocycles. The number of aliphatic hydroxyl groups excluding tert-OH is 3. The third kappa shape index (κ3) is 10.2. The highest BCUT2D eigenvalue weighted by molar-refractivity contribution is 7.47. The summed E-state index contributed by atoms with van der Waals surface area (Å²) in [4.78, 5) is 9.75. The van der Waals surface area contributed by atoms with Crippen LogP contribution in [-0.4, -0.2) is 58.0 Å². The average Bonchev–Trinajstić information content (AvgIpc) is 2.88. The molecule has 1 aliphatic rings. The Kier molecular flexibility index (Phi) is 11.5. The monoisotopic (exact) mass is 434 g/mol. The van der Waals surface area contributed by atoms with Crippen molar-refractivity contribution in [3.63, 3.8) is 0 Å². The molecular formula is C20H35O8P. The van der Waals surface area contributed by atoms with Crippen LogP contribution in [0.4, 0.5) is 0 Å². The van der Waals surface area contributed by atoms with E-state index in [0.29, 0.717) is 0 Å². The van der Waals surface area contributed by atoms with E-state index in [9.17, 15) is 19.7 Å². The summed E-state index contributed by atoms with van der Waals surface area (Å²) in [5.74, 6) is 0. The van der Waals surface area contributed by atoms with Crippen LogP contribution < -0.4 is 0 Å². The molecule has 4 N–H and O–H groups in total. The minimum atomic E-state index is -4.50. The molecule has 1 fully saturated rings. The van der Waals surface area contributed by atoms with E-state index < -0.39 is 39.0 Å². The molecular weight excluding hydrogens is 399 g/mol. The zero-order chi connectivity index (χ0) is 22.0. The molecule has 8 nitrogen and oxygen atoms in total. The Bertz CT molecular complexity index is 638. The van der Waals surface area contributed by atoms with Crippen molar-refractivity contribution in [2.45, 2.75) is 78.0 Å². The molecule has 5 atom stereocenters. The quantitative estimate of drug-likeness (QED) is 0.273. The van der Waals surface area contributed by atoms with Gasteiger partial charge in [-0.05, 0) is 53.4 Å². The molecule has 0 bridgehead atoms. The molecule has 0 amide bonds. The van der Waals surface area contributed by atoms with Gasteiger partial charge in [0, 0.05) is 0 Å². The van der Waals surface area contributed by atoms with E-state index in [4.69, 9.17) is 18.9 Å². The zero-order valence-electron chi connectivity index (χ0n) is 17.7. The van der Waals surface area contributed by atoms with Crippen LogP contribution in [0.3, 0.4) is 0 Å². The van der Waals surface area contributed by atoms with Crippen molar-refractivity contribution in [3.05, 3.63) is 34.9 Å². The summed E-state index contributed by atoms with van der Waals surface area (Å²) in [5.41, 5.74) is 3.66. The van der Waals surface area contributed by atoms with Crippen molar-refractivity contribution in [1.29, 1.82) is 0 Å².